The fourth-order valence-corrected chi connectivity index (χ4v) is 4.86. The van der Waals surface area contributed by atoms with Crippen LogP contribution in [0.25, 0.3) is 0 Å². The van der Waals surface area contributed by atoms with E-state index >= 15 is 0 Å². The quantitative estimate of drug-likeness (QED) is 0.871. The molecule has 1 amide bonds. The highest BCUT2D eigenvalue weighted by Gasteiger charge is 2.40. The number of sulfone groups is 1. The number of benzene rings is 2. The lowest BCUT2D eigenvalue weighted by Gasteiger charge is -2.35. The van der Waals surface area contributed by atoms with Crippen LogP contribution in [0.4, 0.5) is 10.1 Å². The van der Waals surface area contributed by atoms with E-state index in [9.17, 15) is 17.6 Å². The minimum Gasteiger partial charge on any atom is -0.378 e. The number of nitrogens with zero attached hydrogens (tertiary/aromatic N) is 1. The molecule has 0 bridgehead atoms. The molecule has 1 aliphatic rings. The number of hydrogen-bond acceptors (Lipinski definition) is 4. The highest BCUT2D eigenvalue weighted by Crippen LogP contribution is 2.32. The first-order valence-corrected chi connectivity index (χ1v) is 9.90. The van der Waals surface area contributed by atoms with Gasteiger partial charge in [0.05, 0.1) is 15.7 Å². The predicted octanol–water partition coefficient (Wildman–Crippen LogP) is 2.63. The van der Waals surface area contributed by atoms with E-state index in [-0.39, 0.29) is 11.6 Å². The number of amides is 1. The van der Waals surface area contributed by atoms with Crippen molar-refractivity contribution in [2.45, 2.75) is 29.0 Å². The molecule has 0 spiro atoms. The third-order valence-electron chi connectivity index (χ3n) is 4.65. The number of halogens is 1. The Kier molecular flexibility index (Phi) is 5.00. The summed E-state index contributed by atoms with van der Waals surface area (Å²) in [5, 5.41) is 2.20. The molecule has 0 radical (unpaired) electrons. The number of anilines is 1. The number of hydrogen-bond donors (Lipinski definition) is 1. The average Bonchev–Trinajstić information content (AvgIpc) is 2.57. The van der Waals surface area contributed by atoms with Gasteiger partial charge < -0.3 is 10.2 Å². The predicted molar refractivity (Wildman–Crippen MR) is 98.6 cm³/mol. The summed E-state index contributed by atoms with van der Waals surface area (Å²) in [5.74, 6) is -1.12. The molecule has 26 heavy (non-hydrogen) atoms. The Morgan fingerprint density at radius 1 is 1.12 bits per heavy atom. The molecule has 5 nitrogen and oxygen atoms in total. The average molecular weight is 376 g/mol. The maximum atomic E-state index is 14.1. The molecule has 0 heterocycles. The molecule has 0 aliphatic heterocycles. The minimum absolute atomic E-state index is 0.0371. The maximum Gasteiger partial charge on any atom is 0.254 e. The van der Waals surface area contributed by atoms with Crippen molar-refractivity contribution in [3.8, 4) is 0 Å². The Labute approximate surface area is 152 Å². The Hall–Kier alpha value is -2.41. The van der Waals surface area contributed by atoms with E-state index in [4.69, 9.17) is 0 Å². The van der Waals surface area contributed by atoms with E-state index in [1.54, 1.807) is 55.4 Å². The normalized spacial score (nSPS) is 19.5. The van der Waals surface area contributed by atoms with Crippen molar-refractivity contribution in [1.29, 1.82) is 0 Å². The molecule has 2 aromatic carbocycles. The van der Waals surface area contributed by atoms with E-state index < -0.39 is 26.8 Å². The molecule has 1 aliphatic carbocycles. The summed E-state index contributed by atoms with van der Waals surface area (Å²) < 4.78 is 39.1. The number of carbonyl (C=O) groups is 1. The number of rotatable bonds is 5. The molecule has 3 rings (SSSR count). The van der Waals surface area contributed by atoms with Crippen LogP contribution >= 0.6 is 0 Å². The lowest BCUT2D eigenvalue weighted by atomic mass is 9.92. The van der Waals surface area contributed by atoms with Gasteiger partial charge in [-0.2, -0.15) is 0 Å². The molecule has 0 atom stereocenters. The first-order valence-electron chi connectivity index (χ1n) is 8.35. The molecule has 138 valence electrons. The smallest absolute Gasteiger partial charge is 0.254 e. The highest BCUT2D eigenvalue weighted by atomic mass is 32.2. The van der Waals surface area contributed by atoms with Gasteiger partial charge in [-0.05, 0) is 43.2 Å². The first-order chi connectivity index (χ1) is 12.3. The van der Waals surface area contributed by atoms with Gasteiger partial charge in [-0.25, -0.2) is 12.8 Å². The SMILES string of the molecule is CN(C)c1ccc(C(=O)NC2CC(S(=O)(=O)c3ccccc3)C2)c(F)c1. The van der Waals surface area contributed by atoms with E-state index in [0.717, 1.165) is 0 Å². The molecular formula is C19H21FN2O3S. The standard InChI is InChI=1S/C19H21FN2O3S/c1-22(2)14-8-9-17(18(20)12-14)19(23)21-13-10-16(11-13)26(24,25)15-6-4-3-5-7-15/h3-9,12-13,16H,10-11H2,1-2H3,(H,21,23). The van der Waals surface area contributed by atoms with Gasteiger partial charge in [-0.1, -0.05) is 18.2 Å². The fraction of sp³-hybridized carbons (Fsp3) is 0.316. The van der Waals surface area contributed by atoms with Crippen molar-refractivity contribution in [1.82, 2.24) is 5.32 Å². The summed E-state index contributed by atoms with van der Waals surface area (Å²) in [4.78, 5) is 14.3. The van der Waals surface area contributed by atoms with Crippen molar-refractivity contribution >= 4 is 21.4 Å². The third-order valence-corrected chi connectivity index (χ3v) is 6.85. The molecule has 1 fully saturated rings. The molecule has 0 saturated heterocycles. The number of carbonyl (C=O) groups excluding carboxylic acids is 1. The van der Waals surface area contributed by atoms with E-state index in [1.807, 2.05) is 0 Å². The van der Waals surface area contributed by atoms with Crippen LogP contribution in [0.1, 0.15) is 23.2 Å². The molecule has 1 saturated carbocycles. The van der Waals surface area contributed by atoms with Crippen molar-refractivity contribution in [3.63, 3.8) is 0 Å². The molecule has 7 heteroatoms. The van der Waals surface area contributed by atoms with E-state index in [2.05, 4.69) is 5.32 Å². The molecule has 1 N–H and O–H groups in total. The zero-order valence-electron chi connectivity index (χ0n) is 14.6. The summed E-state index contributed by atoms with van der Waals surface area (Å²) in [5.41, 5.74) is 0.627. The third kappa shape index (κ3) is 3.58. The Balaban J connectivity index is 1.62. The van der Waals surface area contributed by atoms with Gasteiger partial charge in [0, 0.05) is 25.8 Å². The second-order valence-electron chi connectivity index (χ2n) is 6.68. The lowest BCUT2D eigenvalue weighted by Crippen LogP contribution is -2.49. The minimum atomic E-state index is -3.39. The van der Waals surface area contributed by atoms with Crippen LogP contribution in [0.15, 0.2) is 53.4 Å². The second-order valence-corrected chi connectivity index (χ2v) is 8.91. The summed E-state index contributed by atoms with van der Waals surface area (Å²) in [6, 6.07) is 12.4. The maximum absolute atomic E-state index is 14.1. The molecular weight excluding hydrogens is 355 g/mol. The van der Waals surface area contributed by atoms with Gasteiger partial charge in [0.2, 0.25) is 0 Å². The first kappa shape index (κ1) is 18.4. The van der Waals surface area contributed by atoms with E-state index in [0.29, 0.717) is 23.4 Å². The van der Waals surface area contributed by atoms with Gasteiger partial charge in [0.25, 0.3) is 5.91 Å². The molecule has 0 unspecified atom stereocenters. The van der Waals surface area contributed by atoms with Crippen LogP contribution in [0, 0.1) is 5.82 Å². The van der Waals surface area contributed by atoms with Crippen molar-refractivity contribution in [2.75, 3.05) is 19.0 Å². The lowest BCUT2D eigenvalue weighted by molar-refractivity contribution is 0.0913. The zero-order chi connectivity index (χ0) is 18.9. The van der Waals surface area contributed by atoms with Gasteiger partial charge >= 0.3 is 0 Å². The molecule has 0 aromatic heterocycles. The van der Waals surface area contributed by atoms with Crippen LogP contribution in [0.3, 0.4) is 0 Å². The van der Waals surface area contributed by atoms with Crippen LogP contribution in [-0.2, 0) is 9.84 Å². The summed E-state index contributed by atoms with van der Waals surface area (Å²) in [6.07, 6.45) is 0.667. The molecule has 2 aromatic rings. The van der Waals surface area contributed by atoms with Crippen LogP contribution < -0.4 is 10.2 Å². The topological polar surface area (TPSA) is 66.5 Å². The Morgan fingerprint density at radius 2 is 1.77 bits per heavy atom. The Morgan fingerprint density at radius 3 is 2.35 bits per heavy atom. The largest absolute Gasteiger partial charge is 0.378 e. The van der Waals surface area contributed by atoms with Crippen molar-refractivity contribution in [3.05, 3.63) is 59.9 Å². The van der Waals surface area contributed by atoms with Crippen LogP contribution in [-0.4, -0.2) is 39.7 Å². The van der Waals surface area contributed by atoms with Crippen LogP contribution in [0.2, 0.25) is 0 Å². The summed E-state index contributed by atoms with van der Waals surface area (Å²) >= 11 is 0. The van der Waals surface area contributed by atoms with Gasteiger partial charge in [-0.3, -0.25) is 4.79 Å². The van der Waals surface area contributed by atoms with Crippen molar-refractivity contribution < 1.29 is 17.6 Å². The van der Waals surface area contributed by atoms with Crippen LogP contribution in [0.5, 0.6) is 0 Å². The van der Waals surface area contributed by atoms with Gasteiger partial charge in [0.1, 0.15) is 5.82 Å². The van der Waals surface area contributed by atoms with Gasteiger partial charge in [-0.15, -0.1) is 0 Å². The second kappa shape index (κ2) is 7.07. The summed E-state index contributed by atoms with van der Waals surface area (Å²) in [6.45, 7) is 0. The van der Waals surface area contributed by atoms with Gasteiger partial charge in [0.15, 0.2) is 9.84 Å². The Bertz CT molecular complexity index is 908. The van der Waals surface area contributed by atoms with E-state index in [1.165, 1.54) is 12.1 Å². The fourth-order valence-electron chi connectivity index (χ4n) is 2.97. The monoisotopic (exact) mass is 376 g/mol. The zero-order valence-corrected chi connectivity index (χ0v) is 15.5. The highest BCUT2D eigenvalue weighted by molar-refractivity contribution is 7.92. The number of nitrogens with one attached hydrogen (secondary N) is 1. The van der Waals surface area contributed by atoms with Crippen molar-refractivity contribution in [2.24, 2.45) is 0 Å². The summed E-state index contributed by atoms with van der Waals surface area (Å²) in [7, 11) is 0.186.